The van der Waals surface area contributed by atoms with Gasteiger partial charge < -0.3 is 8.99 Å². The molecule has 0 saturated heterocycles. The fourth-order valence-corrected chi connectivity index (χ4v) is 7.14. The summed E-state index contributed by atoms with van der Waals surface area (Å²) in [4.78, 5) is 0. The number of hydrogen-bond donors (Lipinski definition) is 0. The van der Waals surface area contributed by atoms with E-state index in [0.717, 1.165) is 55.4 Å². The molecule has 3 heterocycles. The number of rotatable bonds is 6. The fraction of sp³-hybridized carbons (Fsp3) is 0.593. The maximum absolute atomic E-state index is 6.67. The third-order valence-corrected chi connectivity index (χ3v) is 14.1. The van der Waals surface area contributed by atoms with Gasteiger partial charge in [-0.1, -0.05) is 45.0 Å². The van der Waals surface area contributed by atoms with Crippen LogP contribution in [0.1, 0.15) is 57.7 Å². The van der Waals surface area contributed by atoms with Crippen molar-refractivity contribution in [1.29, 1.82) is 0 Å². The summed E-state index contributed by atoms with van der Waals surface area (Å²) in [5, 5.41) is 14.1. The van der Waals surface area contributed by atoms with Crippen molar-refractivity contribution in [3.8, 4) is 11.1 Å². The maximum Gasteiger partial charge on any atom is 0.192 e. The predicted molar refractivity (Wildman–Crippen MR) is 146 cm³/mol. The van der Waals surface area contributed by atoms with Crippen molar-refractivity contribution in [3.05, 3.63) is 53.9 Å². The SMILES string of the molecule is Cn1cc(-c2ccc(C3(c4nnc5n4CCSC(C)(CO[Si](C)(C)C(C)(C)C)C5)CC3)cc2)cn1. The second-order valence-electron chi connectivity index (χ2n) is 12.2. The second-order valence-corrected chi connectivity index (χ2v) is 18.7. The minimum absolute atomic E-state index is 0.00175. The van der Waals surface area contributed by atoms with Crippen LogP contribution < -0.4 is 0 Å². The zero-order valence-electron chi connectivity index (χ0n) is 22.3. The molecule has 0 bridgehead atoms. The topological polar surface area (TPSA) is 57.8 Å². The van der Waals surface area contributed by atoms with Crippen molar-refractivity contribution in [2.75, 3.05) is 12.4 Å². The van der Waals surface area contributed by atoms with E-state index in [1.807, 2.05) is 29.7 Å². The van der Waals surface area contributed by atoms with Gasteiger partial charge in [0.05, 0.1) is 11.6 Å². The smallest absolute Gasteiger partial charge is 0.192 e. The lowest BCUT2D eigenvalue weighted by atomic mass is 9.93. The van der Waals surface area contributed by atoms with Crippen molar-refractivity contribution < 1.29 is 4.43 Å². The van der Waals surface area contributed by atoms with Crippen LogP contribution >= 0.6 is 11.8 Å². The first-order chi connectivity index (χ1) is 16.4. The van der Waals surface area contributed by atoms with Crippen molar-refractivity contribution in [2.45, 2.75) is 81.8 Å². The van der Waals surface area contributed by atoms with E-state index in [9.17, 15) is 0 Å². The Morgan fingerprint density at radius 1 is 1.09 bits per heavy atom. The number of fused-ring (bicyclic) bond motifs is 1. The molecule has 0 N–H and O–H groups in total. The van der Waals surface area contributed by atoms with Crippen molar-refractivity contribution in [3.63, 3.8) is 0 Å². The molecule has 0 spiro atoms. The van der Waals surface area contributed by atoms with Gasteiger partial charge in [0.25, 0.3) is 0 Å². The summed E-state index contributed by atoms with van der Waals surface area (Å²) in [5.41, 5.74) is 3.70. The summed E-state index contributed by atoms with van der Waals surface area (Å²) >= 11 is 2.04. The molecule has 1 aliphatic heterocycles. The lowest BCUT2D eigenvalue weighted by molar-refractivity contribution is 0.252. The number of thioether (sulfide) groups is 1. The van der Waals surface area contributed by atoms with Gasteiger partial charge in [-0.15, -0.1) is 10.2 Å². The Hall–Kier alpha value is -1.90. The summed E-state index contributed by atoms with van der Waals surface area (Å²) in [5.74, 6) is 3.33. The van der Waals surface area contributed by atoms with E-state index in [-0.39, 0.29) is 15.2 Å². The van der Waals surface area contributed by atoms with Gasteiger partial charge in [-0.25, -0.2) is 0 Å². The average molecular weight is 510 g/mol. The van der Waals surface area contributed by atoms with Gasteiger partial charge in [0.2, 0.25) is 0 Å². The van der Waals surface area contributed by atoms with Crippen LogP contribution in [-0.2, 0) is 29.9 Å². The molecule has 2 aromatic heterocycles. The fourth-order valence-electron chi connectivity index (χ4n) is 4.78. The molecule has 1 aromatic carbocycles. The first kappa shape index (κ1) is 24.8. The van der Waals surface area contributed by atoms with E-state index in [2.05, 4.69) is 80.9 Å². The van der Waals surface area contributed by atoms with E-state index in [4.69, 9.17) is 14.6 Å². The van der Waals surface area contributed by atoms with Gasteiger partial charge in [-0.3, -0.25) is 4.68 Å². The molecule has 1 aliphatic carbocycles. The van der Waals surface area contributed by atoms with Gasteiger partial charge >= 0.3 is 0 Å². The molecule has 6 nitrogen and oxygen atoms in total. The zero-order valence-corrected chi connectivity index (χ0v) is 24.1. The number of nitrogens with zero attached hydrogens (tertiary/aromatic N) is 5. The highest BCUT2D eigenvalue weighted by Crippen LogP contribution is 2.53. The van der Waals surface area contributed by atoms with Crippen LogP contribution in [0.4, 0.5) is 0 Å². The third kappa shape index (κ3) is 4.65. The van der Waals surface area contributed by atoms with Gasteiger partial charge in [0.1, 0.15) is 11.6 Å². The van der Waals surface area contributed by atoms with Crippen LogP contribution in [-0.4, -0.2) is 50.0 Å². The lowest BCUT2D eigenvalue weighted by Gasteiger charge is -2.39. The Bertz CT molecular complexity index is 1210. The van der Waals surface area contributed by atoms with E-state index in [1.165, 1.54) is 11.1 Å². The quantitative estimate of drug-likeness (QED) is 0.391. The normalized spacial score (nSPS) is 22.0. The second kappa shape index (κ2) is 8.59. The van der Waals surface area contributed by atoms with Crippen LogP contribution in [0.2, 0.25) is 18.1 Å². The highest BCUT2D eigenvalue weighted by molar-refractivity contribution is 8.00. The predicted octanol–water partition coefficient (Wildman–Crippen LogP) is 5.83. The molecule has 35 heavy (non-hydrogen) atoms. The first-order valence-corrected chi connectivity index (χ1v) is 16.6. The van der Waals surface area contributed by atoms with Crippen LogP contribution in [0.3, 0.4) is 0 Å². The molecule has 1 unspecified atom stereocenters. The Balaban J connectivity index is 1.36. The third-order valence-electron chi connectivity index (χ3n) is 8.32. The Morgan fingerprint density at radius 3 is 2.40 bits per heavy atom. The number of benzene rings is 1. The van der Waals surface area contributed by atoms with Gasteiger partial charge in [0.15, 0.2) is 8.32 Å². The molecule has 1 atom stereocenters. The number of aryl methyl sites for hydroxylation is 1. The van der Waals surface area contributed by atoms with Crippen molar-refractivity contribution in [1.82, 2.24) is 24.5 Å². The molecule has 188 valence electrons. The number of hydrogen-bond acceptors (Lipinski definition) is 5. The molecule has 1 fully saturated rings. The minimum Gasteiger partial charge on any atom is -0.415 e. The van der Waals surface area contributed by atoms with Gasteiger partial charge in [-0.2, -0.15) is 16.9 Å². The van der Waals surface area contributed by atoms with E-state index in [0.29, 0.717) is 0 Å². The highest BCUT2D eigenvalue weighted by atomic mass is 32.2. The van der Waals surface area contributed by atoms with E-state index in [1.54, 1.807) is 0 Å². The average Bonchev–Trinajstić information content (AvgIpc) is 3.39. The molecule has 0 radical (unpaired) electrons. The first-order valence-electron chi connectivity index (χ1n) is 12.7. The monoisotopic (exact) mass is 509 g/mol. The van der Waals surface area contributed by atoms with E-state index < -0.39 is 8.32 Å². The van der Waals surface area contributed by atoms with Crippen molar-refractivity contribution >= 4 is 20.1 Å². The zero-order chi connectivity index (χ0) is 25.1. The summed E-state index contributed by atoms with van der Waals surface area (Å²) in [7, 11) is 0.163. The Morgan fingerprint density at radius 2 is 1.80 bits per heavy atom. The molecule has 8 heteroatoms. The Labute approximate surface area is 215 Å². The summed E-state index contributed by atoms with van der Waals surface area (Å²) < 4.78 is 11.0. The molecule has 2 aliphatic rings. The van der Waals surface area contributed by atoms with Crippen LogP contribution in [0.15, 0.2) is 36.7 Å². The van der Waals surface area contributed by atoms with Crippen LogP contribution in [0.25, 0.3) is 11.1 Å². The minimum atomic E-state index is -1.79. The highest BCUT2D eigenvalue weighted by Gasteiger charge is 2.51. The van der Waals surface area contributed by atoms with Crippen LogP contribution in [0.5, 0.6) is 0 Å². The molecule has 0 amide bonds. The Kier molecular flexibility index (Phi) is 6.08. The van der Waals surface area contributed by atoms with Crippen molar-refractivity contribution in [2.24, 2.45) is 7.05 Å². The van der Waals surface area contributed by atoms with E-state index >= 15 is 0 Å². The number of aromatic nitrogens is 5. The molecular formula is C27H39N5OSSi. The molecule has 1 saturated carbocycles. The molecule has 3 aromatic rings. The maximum atomic E-state index is 6.67. The lowest BCUT2D eigenvalue weighted by Crippen LogP contribution is -2.45. The summed E-state index contributed by atoms with van der Waals surface area (Å²) in [6.45, 7) is 15.7. The molecule has 5 rings (SSSR count). The van der Waals surface area contributed by atoms with Gasteiger partial charge in [-0.05, 0) is 49.0 Å². The largest absolute Gasteiger partial charge is 0.415 e. The summed E-state index contributed by atoms with van der Waals surface area (Å²) in [6.07, 6.45) is 7.15. The van der Waals surface area contributed by atoms with Crippen LogP contribution in [0, 0.1) is 0 Å². The standard InChI is InChI=1S/C27H39N5OSSi/c1-25(2,3)35(6,7)33-19-26(4)16-23-29-30-24(32(23)14-15-34-26)27(12-13-27)22-10-8-20(9-11-22)21-17-28-31(5)18-21/h8-11,17-18H,12-16,19H2,1-7H3. The van der Waals surface area contributed by atoms with Gasteiger partial charge in [0, 0.05) is 48.9 Å². The summed E-state index contributed by atoms with van der Waals surface area (Å²) in [6, 6.07) is 8.99. The molecular weight excluding hydrogens is 470 g/mol.